The summed E-state index contributed by atoms with van der Waals surface area (Å²) in [5.74, 6) is 1.40. The number of nitrogen functional groups attached to an aromatic ring is 1. The number of aromatic nitrogens is 2. The second-order valence-electron chi connectivity index (χ2n) is 4.65. The van der Waals surface area contributed by atoms with Crippen molar-refractivity contribution < 1.29 is 4.79 Å². The van der Waals surface area contributed by atoms with Crippen LogP contribution in [0.25, 0.3) is 0 Å². The van der Waals surface area contributed by atoms with Crippen LogP contribution in [0.4, 0.5) is 5.82 Å². The topological polar surface area (TPSA) is 72.1 Å². The fourth-order valence-electron chi connectivity index (χ4n) is 2.19. The molecular weight excluding hydrogens is 216 g/mol. The standard InChI is InChI=1S/C12H18N4O/c1-8-4-3-5-16(12(8)17)7-11-14-9(2)6-10(13)15-11/h6,8H,3-5,7H2,1-2H3,(H2,13,14,15). The Hall–Kier alpha value is -1.65. The number of nitrogens with zero attached hydrogens (tertiary/aromatic N) is 3. The monoisotopic (exact) mass is 234 g/mol. The number of aryl methyl sites for hydroxylation is 1. The molecule has 1 aromatic rings. The van der Waals surface area contributed by atoms with Crippen molar-refractivity contribution in [3.8, 4) is 0 Å². The van der Waals surface area contributed by atoms with E-state index in [-0.39, 0.29) is 11.8 Å². The summed E-state index contributed by atoms with van der Waals surface area (Å²) < 4.78 is 0. The molecule has 0 radical (unpaired) electrons. The molecule has 1 fully saturated rings. The fourth-order valence-corrected chi connectivity index (χ4v) is 2.19. The molecule has 0 aliphatic carbocycles. The Balaban J connectivity index is 2.12. The molecule has 1 unspecified atom stereocenters. The first-order chi connectivity index (χ1) is 8.06. The minimum atomic E-state index is 0.117. The summed E-state index contributed by atoms with van der Waals surface area (Å²) in [5, 5.41) is 0. The molecule has 1 aliphatic rings. The normalized spacial score (nSPS) is 20.7. The van der Waals surface area contributed by atoms with Crippen molar-refractivity contribution in [2.24, 2.45) is 5.92 Å². The number of hydrogen-bond acceptors (Lipinski definition) is 4. The molecule has 0 aromatic carbocycles. The number of piperidine rings is 1. The van der Waals surface area contributed by atoms with Gasteiger partial charge in [-0.05, 0) is 19.8 Å². The first-order valence-corrected chi connectivity index (χ1v) is 5.95. The number of carbonyl (C=O) groups is 1. The summed E-state index contributed by atoms with van der Waals surface area (Å²) in [6.45, 7) is 5.11. The van der Waals surface area contributed by atoms with E-state index in [4.69, 9.17) is 5.73 Å². The van der Waals surface area contributed by atoms with E-state index in [0.717, 1.165) is 25.1 Å². The van der Waals surface area contributed by atoms with Gasteiger partial charge < -0.3 is 10.6 Å². The van der Waals surface area contributed by atoms with Gasteiger partial charge in [0.05, 0.1) is 6.54 Å². The maximum Gasteiger partial charge on any atom is 0.225 e. The summed E-state index contributed by atoms with van der Waals surface area (Å²) in [6, 6.07) is 1.73. The van der Waals surface area contributed by atoms with E-state index in [1.807, 2.05) is 18.7 Å². The van der Waals surface area contributed by atoms with Crippen LogP contribution in [0.5, 0.6) is 0 Å². The lowest BCUT2D eigenvalue weighted by molar-refractivity contribution is -0.138. The van der Waals surface area contributed by atoms with Crippen LogP contribution in [0.1, 0.15) is 31.3 Å². The Labute approximate surface area is 101 Å². The third-order valence-electron chi connectivity index (χ3n) is 3.05. The molecule has 2 heterocycles. The van der Waals surface area contributed by atoms with Crippen LogP contribution in [-0.2, 0) is 11.3 Å². The van der Waals surface area contributed by atoms with E-state index >= 15 is 0 Å². The molecular formula is C12H18N4O. The van der Waals surface area contributed by atoms with Gasteiger partial charge in [-0.3, -0.25) is 4.79 Å². The summed E-state index contributed by atoms with van der Waals surface area (Å²) in [6.07, 6.45) is 2.03. The summed E-state index contributed by atoms with van der Waals surface area (Å²) in [5.41, 5.74) is 6.51. The molecule has 0 spiro atoms. The third-order valence-corrected chi connectivity index (χ3v) is 3.05. The van der Waals surface area contributed by atoms with Crippen molar-refractivity contribution >= 4 is 11.7 Å². The van der Waals surface area contributed by atoms with E-state index in [1.165, 1.54) is 0 Å². The maximum atomic E-state index is 11.9. The first kappa shape index (κ1) is 11.8. The summed E-state index contributed by atoms with van der Waals surface area (Å²) in [7, 11) is 0. The molecule has 5 nitrogen and oxygen atoms in total. The Morgan fingerprint density at radius 1 is 1.53 bits per heavy atom. The molecule has 2 N–H and O–H groups in total. The van der Waals surface area contributed by atoms with E-state index in [9.17, 15) is 4.79 Å². The van der Waals surface area contributed by atoms with Crippen LogP contribution in [0.3, 0.4) is 0 Å². The molecule has 1 atom stereocenters. The van der Waals surface area contributed by atoms with Gasteiger partial charge in [0.15, 0.2) is 0 Å². The average Bonchev–Trinajstić information content (AvgIpc) is 2.23. The van der Waals surface area contributed by atoms with Crippen molar-refractivity contribution in [1.82, 2.24) is 14.9 Å². The highest BCUT2D eigenvalue weighted by atomic mass is 16.2. The number of nitrogens with two attached hydrogens (primary N) is 1. The van der Waals surface area contributed by atoms with Gasteiger partial charge in [0.25, 0.3) is 0 Å². The van der Waals surface area contributed by atoms with Crippen LogP contribution in [0.2, 0.25) is 0 Å². The zero-order chi connectivity index (χ0) is 12.4. The number of carbonyl (C=O) groups excluding carboxylic acids is 1. The molecule has 2 rings (SSSR count). The van der Waals surface area contributed by atoms with Gasteiger partial charge in [-0.2, -0.15) is 0 Å². The Bertz CT molecular complexity index is 412. The summed E-state index contributed by atoms with van der Waals surface area (Å²) >= 11 is 0. The molecule has 1 aliphatic heterocycles. The van der Waals surface area contributed by atoms with Crippen molar-refractivity contribution in [2.45, 2.75) is 33.2 Å². The molecule has 1 saturated heterocycles. The Morgan fingerprint density at radius 2 is 2.29 bits per heavy atom. The first-order valence-electron chi connectivity index (χ1n) is 5.95. The van der Waals surface area contributed by atoms with E-state index < -0.39 is 0 Å². The number of rotatable bonds is 2. The fraction of sp³-hybridized carbons (Fsp3) is 0.583. The van der Waals surface area contributed by atoms with Crippen molar-refractivity contribution in [1.29, 1.82) is 0 Å². The Kier molecular flexibility index (Phi) is 3.26. The number of hydrogen-bond donors (Lipinski definition) is 1. The number of anilines is 1. The van der Waals surface area contributed by atoms with Crippen LogP contribution >= 0.6 is 0 Å². The zero-order valence-corrected chi connectivity index (χ0v) is 10.3. The van der Waals surface area contributed by atoms with Crippen LogP contribution in [0, 0.1) is 12.8 Å². The van der Waals surface area contributed by atoms with Crippen molar-refractivity contribution in [3.63, 3.8) is 0 Å². The van der Waals surface area contributed by atoms with Crippen molar-refractivity contribution in [2.75, 3.05) is 12.3 Å². The zero-order valence-electron chi connectivity index (χ0n) is 10.3. The van der Waals surface area contributed by atoms with Gasteiger partial charge in [-0.1, -0.05) is 6.92 Å². The SMILES string of the molecule is Cc1cc(N)nc(CN2CCCC(C)C2=O)n1. The quantitative estimate of drug-likeness (QED) is 0.832. The third kappa shape index (κ3) is 2.72. The predicted octanol–water partition coefficient (Wildman–Crippen LogP) is 1.13. The van der Waals surface area contributed by atoms with E-state index in [2.05, 4.69) is 9.97 Å². The summed E-state index contributed by atoms with van der Waals surface area (Å²) in [4.78, 5) is 22.2. The van der Waals surface area contributed by atoms with Crippen LogP contribution < -0.4 is 5.73 Å². The average molecular weight is 234 g/mol. The van der Waals surface area contributed by atoms with Gasteiger partial charge in [0.2, 0.25) is 5.91 Å². The van der Waals surface area contributed by atoms with Crippen LogP contribution in [-0.4, -0.2) is 27.3 Å². The van der Waals surface area contributed by atoms with Gasteiger partial charge in [0.1, 0.15) is 11.6 Å². The molecule has 5 heteroatoms. The number of likely N-dealkylation sites (tertiary alicyclic amines) is 1. The van der Waals surface area contributed by atoms with Crippen molar-refractivity contribution in [3.05, 3.63) is 17.6 Å². The predicted molar refractivity (Wildman–Crippen MR) is 65.0 cm³/mol. The molecule has 17 heavy (non-hydrogen) atoms. The highest BCUT2D eigenvalue weighted by Crippen LogP contribution is 2.18. The minimum Gasteiger partial charge on any atom is -0.384 e. The van der Waals surface area contributed by atoms with Gasteiger partial charge in [-0.15, -0.1) is 0 Å². The largest absolute Gasteiger partial charge is 0.384 e. The van der Waals surface area contributed by atoms with E-state index in [1.54, 1.807) is 6.07 Å². The molecule has 1 amide bonds. The molecule has 1 aromatic heterocycles. The lowest BCUT2D eigenvalue weighted by Crippen LogP contribution is -2.40. The Morgan fingerprint density at radius 3 is 3.00 bits per heavy atom. The van der Waals surface area contributed by atoms with Crippen LogP contribution in [0.15, 0.2) is 6.07 Å². The number of amides is 1. The molecule has 0 bridgehead atoms. The van der Waals surface area contributed by atoms with Gasteiger partial charge in [0, 0.05) is 24.2 Å². The minimum absolute atomic E-state index is 0.117. The molecule has 0 saturated carbocycles. The molecule has 92 valence electrons. The maximum absolute atomic E-state index is 11.9. The second kappa shape index (κ2) is 4.69. The highest BCUT2D eigenvalue weighted by molar-refractivity contribution is 5.79. The second-order valence-corrected chi connectivity index (χ2v) is 4.65. The van der Waals surface area contributed by atoms with Gasteiger partial charge in [-0.25, -0.2) is 9.97 Å². The smallest absolute Gasteiger partial charge is 0.225 e. The highest BCUT2D eigenvalue weighted by Gasteiger charge is 2.25. The lowest BCUT2D eigenvalue weighted by atomic mass is 9.99. The lowest BCUT2D eigenvalue weighted by Gasteiger charge is -2.30. The van der Waals surface area contributed by atoms with Gasteiger partial charge >= 0.3 is 0 Å². The van der Waals surface area contributed by atoms with E-state index in [0.29, 0.717) is 18.2 Å².